The monoisotopic (exact) mass is 170 g/mol. The second-order valence-electron chi connectivity index (χ2n) is 3.13. The Labute approximate surface area is 74.6 Å². The van der Waals surface area contributed by atoms with Crippen LogP contribution >= 0.6 is 0 Å². The molecule has 0 aliphatic rings. The predicted octanol–water partition coefficient (Wildman–Crippen LogP) is 2.40. The zero-order valence-corrected chi connectivity index (χ0v) is 8.17. The van der Waals surface area contributed by atoms with Crippen LogP contribution in [-0.4, -0.2) is 12.6 Å². The van der Waals surface area contributed by atoms with Gasteiger partial charge in [-0.05, 0) is 19.3 Å². The molecule has 1 atom stereocenters. The number of esters is 1. The summed E-state index contributed by atoms with van der Waals surface area (Å²) < 4.78 is 4.93. The fourth-order valence-electron chi connectivity index (χ4n) is 1.07. The minimum atomic E-state index is -0.104. The highest BCUT2D eigenvalue weighted by Gasteiger charge is 2.21. The Kier molecular flexibility index (Phi) is 5.43. The fraction of sp³-hybridized carbons (Fsp3) is 0.700. The molecule has 0 rings (SSSR count). The van der Waals surface area contributed by atoms with Gasteiger partial charge in [-0.25, -0.2) is 0 Å². The van der Waals surface area contributed by atoms with Gasteiger partial charge in [0.15, 0.2) is 0 Å². The molecular weight excluding hydrogens is 152 g/mol. The summed E-state index contributed by atoms with van der Waals surface area (Å²) in [6, 6.07) is 0. The summed E-state index contributed by atoms with van der Waals surface area (Å²) in [7, 11) is 0. The molecule has 0 saturated heterocycles. The predicted molar refractivity (Wildman–Crippen MR) is 49.8 cm³/mol. The number of ether oxygens (including phenoxy) is 1. The number of hydrogen-bond donors (Lipinski definition) is 0. The molecule has 0 aromatic rings. The van der Waals surface area contributed by atoms with Crippen molar-refractivity contribution in [3.8, 4) is 0 Å². The van der Waals surface area contributed by atoms with Gasteiger partial charge >= 0.3 is 5.97 Å². The molecule has 0 aliphatic carbocycles. The molecule has 0 heterocycles. The van der Waals surface area contributed by atoms with E-state index >= 15 is 0 Å². The number of rotatable bonds is 5. The Morgan fingerprint density at radius 3 is 2.50 bits per heavy atom. The molecule has 0 aliphatic heterocycles. The SMILES string of the molecule is C=CC[C@H](C(=O)OCC)C(C)C. The summed E-state index contributed by atoms with van der Waals surface area (Å²) in [6.45, 7) is 9.94. The van der Waals surface area contributed by atoms with Crippen LogP contribution in [-0.2, 0) is 9.53 Å². The summed E-state index contributed by atoms with van der Waals surface area (Å²) in [5, 5.41) is 0. The van der Waals surface area contributed by atoms with Crippen molar-refractivity contribution in [2.24, 2.45) is 11.8 Å². The maximum Gasteiger partial charge on any atom is 0.309 e. The maximum absolute atomic E-state index is 11.3. The second kappa shape index (κ2) is 5.81. The fourth-order valence-corrected chi connectivity index (χ4v) is 1.07. The van der Waals surface area contributed by atoms with Crippen molar-refractivity contribution in [3.05, 3.63) is 12.7 Å². The third kappa shape index (κ3) is 3.56. The van der Waals surface area contributed by atoms with E-state index in [-0.39, 0.29) is 11.9 Å². The first-order chi connectivity index (χ1) is 5.63. The zero-order valence-electron chi connectivity index (χ0n) is 8.17. The van der Waals surface area contributed by atoms with E-state index in [1.165, 1.54) is 0 Å². The molecule has 12 heavy (non-hydrogen) atoms. The summed E-state index contributed by atoms with van der Waals surface area (Å²) in [5.74, 6) is 0.192. The summed E-state index contributed by atoms with van der Waals surface area (Å²) in [6.07, 6.45) is 2.47. The van der Waals surface area contributed by atoms with Gasteiger partial charge in [-0.15, -0.1) is 6.58 Å². The molecule has 2 nitrogen and oxygen atoms in total. The second-order valence-corrected chi connectivity index (χ2v) is 3.13. The van der Waals surface area contributed by atoms with Gasteiger partial charge in [0.05, 0.1) is 12.5 Å². The number of hydrogen-bond acceptors (Lipinski definition) is 2. The first-order valence-electron chi connectivity index (χ1n) is 4.41. The van der Waals surface area contributed by atoms with Crippen molar-refractivity contribution >= 4 is 5.97 Å². The van der Waals surface area contributed by atoms with Crippen LogP contribution in [0, 0.1) is 11.8 Å². The van der Waals surface area contributed by atoms with Crippen molar-refractivity contribution in [1.82, 2.24) is 0 Å². The molecule has 0 N–H and O–H groups in total. The maximum atomic E-state index is 11.3. The highest BCUT2D eigenvalue weighted by atomic mass is 16.5. The molecule has 0 radical (unpaired) electrons. The highest BCUT2D eigenvalue weighted by molar-refractivity contribution is 5.72. The van der Waals surface area contributed by atoms with Crippen LogP contribution in [0.25, 0.3) is 0 Å². The van der Waals surface area contributed by atoms with Gasteiger partial charge in [-0.1, -0.05) is 19.9 Å². The first-order valence-corrected chi connectivity index (χ1v) is 4.41. The lowest BCUT2D eigenvalue weighted by Crippen LogP contribution is -2.22. The summed E-state index contributed by atoms with van der Waals surface area (Å²) in [4.78, 5) is 11.3. The minimum Gasteiger partial charge on any atom is -0.466 e. The van der Waals surface area contributed by atoms with Crippen LogP contribution < -0.4 is 0 Å². The first kappa shape index (κ1) is 11.2. The van der Waals surface area contributed by atoms with E-state index in [9.17, 15) is 4.79 Å². The zero-order chi connectivity index (χ0) is 9.56. The van der Waals surface area contributed by atoms with E-state index in [2.05, 4.69) is 6.58 Å². The van der Waals surface area contributed by atoms with E-state index < -0.39 is 0 Å². The number of carbonyl (C=O) groups excluding carboxylic acids is 1. The Morgan fingerprint density at radius 1 is 1.58 bits per heavy atom. The Hall–Kier alpha value is -0.790. The Balaban J connectivity index is 4.08. The van der Waals surface area contributed by atoms with Gasteiger partial charge in [0.25, 0.3) is 0 Å². The van der Waals surface area contributed by atoms with Crippen LogP contribution in [0.15, 0.2) is 12.7 Å². The molecule has 0 saturated carbocycles. The molecular formula is C10H18O2. The van der Waals surface area contributed by atoms with Gasteiger partial charge in [0.1, 0.15) is 0 Å². The molecule has 2 heteroatoms. The van der Waals surface area contributed by atoms with Crippen LogP contribution in [0.4, 0.5) is 0 Å². The van der Waals surface area contributed by atoms with E-state index in [0.29, 0.717) is 18.9 Å². The molecule has 0 aromatic heterocycles. The lowest BCUT2D eigenvalue weighted by molar-refractivity contribution is -0.149. The summed E-state index contributed by atoms with van der Waals surface area (Å²) in [5.41, 5.74) is 0. The quantitative estimate of drug-likeness (QED) is 0.468. The van der Waals surface area contributed by atoms with Crippen molar-refractivity contribution in [1.29, 1.82) is 0 Å². The van der Waals surface area contributed by atoms with Crippen molar-refractivity contribution in [2.45, 2.75) is 27.2 Å². The van der Waals surface area contributed by atoms with Crippen LogP contribution in [0.1, 0.15) is 27.2 Å². The standard InChI is InChI=1S/C10H18O2/c1-5-7-9(8(3)4)10(11)12-6-2/h5,8-9H,1,6-7H2,2-4H3/t9-/m0/s1. The average molecular weight is 170 g/mol. The Bertz CT molecular complexity index is 150. The molecule has 0 aromatic carbocycles. The van der Waals surface area contributed by atoms with Crippen molar-refractivity contribution < 1.29 is 9.53 Å². The molecule has 0 spiro atoms. The molecule has 70 valence electrons. The van der Waals surface area contributed by atoms with Crippen LogP contribution in [0.2, 0.25) is 0 Å². The van der Waals surface area contributed by atoms with Gasteiger partial charge in [0.2, 0.25) is 0 Å². The van der Waals surface area contributed by atoms with E-state index in [4.69, 9.17) is 4.74 Å². The molecule has 0 fully saturated rings. The average Bonchev–Trinajstić information content (AvgIpc) is 1.99. The van der Waals surface area contributed by atoms with Gasteiger partial charge in [-0.3, -0.25) is 4.79 Å². The van der Waals surface area contributed by atoms with Crippen LogP contribution in [0.3, 0.4) is 0 Å². The lowest BCUT2D eigenvalue weighted by Gasteiger charge is -2.16. The lowest BCUT2D eigenvalue weighted by atomic mass is 9.93. The van der Waals surface area contributed by atoms with Crippen molar-refractivity contribution in [3.63, 3.8) is 0 Å². The van der Waals surface area contributed by atoms with Crippen LogP contribution in [0.5, 0.6) is 0 Å². The number of allylic oxidation sites excluding steroid dienone is 1. The smallest absolute Gasteiger partial charge is 0.309 e. The molecule has 0 amide bonds. The normalized spacial score (nSPS) is 12.7. The Morgan fingerprint density at radius 2 is 2.17 bits per heavy atom. The van der Waals surface area contributed by atoms with E-state index in [0.717, 1.165) is 0 Å². The third-order valence-corrected chi connectivity index (χ3v) is 1.81. The number of carbonyl (C=O) groups is 1. The minimum absolute atomic E-state index is 0.0255. The van der Waals surface area contributed by atoms with Gasteiger partial charge < -0.3 is 4.74 Å². The van der Waals surface area contributed by atoms with E-state index in [1.54, 1.807) is 6.08 Å². The summed E-state index contributed by atoms with van der Waals surface area (Å²) >= 11 is 0. The largest absolute Gasteiger partial charge is 0.466 e. The molecule has 0 unspecified atom stereocenters. The third-order valence-electron chi connectivity index (χ3n) is 1.81. The topological polar surface area (TPSA) is 26.3 Å². The van der Waals surface area contributed by atoms with Gasteiger partial charge in [0, 0.05) is 0 Å². The van der Waals surface area contributed by atoms with E-state index in [1.807, 2.05) is 20.8 Å². The highest BCUT2D eigenvalue weighted by Crippen LogP contribution is 2.17. The molecule has 0 bridgehead atoms. The van der Waals surface area contributed by atoms with Gasteiger partial charge in [-0.2, -0.15) is 0 Å². The van der Waals surface area contributed by atoms with Crippen molar-refractivity contribution in [2.75, 3.05) is 6.61 Å².